The van der Waals surface area contributed by atoms with Crippen molar-refractivity contribution in [3.05, 3.63) is 55.9 Å². The number of halogens is 1. The average Bonchev–Trinajstić information content (AvgIpc) is 3.03. The van der Waals surface area contributed by atoms with Crippen LogP contribution < -0.4 is 5.73 Å². The predicted molar refractivity (Wildman–Crippen MR) is 88.4 cm³/mol. The Morgan fingerprint density at radius 2 is 2.10 bits per heavy atom. The molecule has 4 heteroatoms. The van der Waals surface area contributed by atoms with E-state index in [0.717, 1.165) is 38.1 Å². The van der Waals surface area contributed by atoms with Gasteiger partial charge in [-0.25, -0.2) is 0 Å². The molecular weight excluding hydrogens is 334 g/mol. The van der Waals surface area contributed by atoms with Crippen molar-refractivity contribution in [2.75, 3.05) is 0 Å². The number of hydrogen-bond donors (Lipinski definition) is 1. The van der Waals surface area contributed by atoms with E-state index in [0.29, 0.717) is 0 Å². The second kappa shape index (κ2) is 5.35. The Morgan fingerprint density at radius 1 is 1.30 bits per heavy atom. The second-order valence-electron chi connectivity index (χ2n) is 4.87. The molecule has 1 aromatic carbocycles. The molecule has 0 saturated heterocycles. The summed E-state index contributed by atoms with van der Waals surface area (Å²) in [5, 5.41) is 1.13. The van der Waals surface area contributed by atoms with Gasteiger partial charge < -0.3 is 10.2 Å². The number of rotatable bonds is 3. The molecule has 0 aliphatic rings. The molecule has 3 aromatic rings. The van der Waals surface area contributed by atoms with Crippen LogP contribution in [0.2, 0.25) is 0 Å². The molecule has 3 rings (SSSR count). The SMILES string of the molecule is CCc1ccc(C(N)c2oc3cc(Br)ccc3c2C)s1. The lowest BCUT2D eigenvalue weighted by Gasteiger charge is -2.07. The van der Waals surface area contributed by atoms with Crippen molar-refractivity contribution in [3.63, 3.8) is 0 Å². The van der Waals surface area contributed by atoms with Crippen LogP contribution in [0.5, 0.6) is 0 Å². The van der Waals surface area contributed by atoms with E-state index in [9.17, 15) is 0 Å². The maximum atomic E-state index is 6.39. The first-order chi connectivity index (χ1) is 9.60. The molecule has 2 aromatic heterocycles. The fourth-order valence-corrected chi connectivity index (χ4v) is 3.69. The molecule has 0 bridgehead atoms. The third-order valence-electron chi connectivity index (χ3n) is 3.56. The van der Waals surface area contributed by atoms with Crippen LogP contribution in [0.3, 0.4) is 0 Å². The molecule has 2 nitrogen and oxygen atoms in total. The van der Waals surface area contributed by atoms with Crippen molar-refractivity contribution in [1.82, 2.24) is 0 Å². The Bertz CT molecular complexity index is 759. The maximum Gasteiger partial charge on any atom is 0.135 e. The van der Waals surface area contributed by atoms with Gasteiger partial charge in [-0.1, -0.05) is 22.9 Å². The molecule has 0 amide bonds. The van der Waals surface area contributed by atoms with Gasteiger partial charge in [-0.3, -0.25) is 0 Å². The molecule has 0 radical (unpaired) electrons. The Labute approximate surface area is 130 Å². The summed E-state index contributed by atoms with van der Waals surface area (Å²) in [5.74, 6) is 0.864. The van der Waals surface area contributed by atoms with Crippen LogP contribution in [-0.2, 0) is 6.42 Å². The largest absolute Gasteiger partial charge is 0.459 e. The third kappa shape index (κ3) is 2.32. The number of hydrogen-bond acceptors (Lipinski definition) is 3. The summed E-state index contributed by atoms with van der Waals surface area (Å²) in [6, 6.07) is 10.2. The summed E-state index contributed by atoms with van der Waals surface area (Å²) >= 11 is 5.23. The summed E-state index contributed by atoms with van der Waals surface area (Å²) in [5.41, 5.74) is 8.41. The fourth-order valence-electron chi connectivity index (χ4n) is 2.40. The Kier molecular flexibility index (Phi) is 3.71. The van der Waals surface area contributed by atoms with E-state index in [1.807, 2.05) is 12.1 Å². The smallest absolute Gasteiger partial charge is 0.135 e. The summed E-state index contributed by atoms with van der Waals surface area (Å²) < 4.78 is 7.01. The quantitative estimate of drug-likeness (QED) is 0.707. The zero-order valence-corrected chi connectivity index (χ0v) is 13.8. The number of thiophene rings is 1. The van der Waals surface area contributed by atoms with Crippen molar-refractivity contribution < 1.29 is 4.42 Å². The van der Waals surface area contributed by atoms with Crippen LogP contribution >= 0.6 is 27.3 Å². The first kappa shape index (κ1) is 13.9. The lowest BCUT2D eigenvalue weighted by molar-refractivity contribution is 0.523. The highest BCUT2D eigenvalue weighted by molar-refractivity contribution is 9.10. The highest BCUT2D eigenvalue weighted by Gasteiger charge is 2.20. The molecule has 0 saturated carbocycles. The summed E-state index contributed by atoms with van der Waals surface area (Å²) in [6.45, 7) is 4.23. The van der Waals surface area contributed by atoms with Crippen LogP contribution in [0.4, 0.5) is 0 Å². The number of nitrogens with two attached hydrogens (primary N) is 1. The van der Waals surface area contributed by atoms with Crippen LogP contribution in [0.1, 0.15) is 34.0 Å². The van der Waals surface area contributed by atoms with Gasteiger partial charge >= 0.3 is 0 Å². The van der Waals surface area contributed by atoms with Crippen molar-refractivity contribution in [3.8, 4) is 0 Å². The third-order valence-corrected chi connectivity index (χ3v) is 5.36. The van der Waals surface area contributed by atoms with Crippen LogP contribution in [-0.4, -0.2) is 0 Å². The van der Waals surface area contributed by atoms with Crippen LogP contribution in [0.25, 0.3) is 11.0 Å². The second-order valence-corrected chi connectivity index (χ2v) is 6.98. The van der Waals surface area contributed by atoms with Gasteiger partial charge in [0.1, 0.15) is 11.3 Å². The van der Waals surface area contributed by atoms with Gasteiger partial charge in [0.05, 0.1) is 6.04 Å². The monoisotopic (exact) mass is 349 g/mol. The highest BCUT2D eigenvalue weighted by atomic mass is 79.9. The first-order valence-corrected chi connectivity index (χ1v) is 8.24. The van der Waals surface area contributed by atoms with Crippen molar-refractivity contribution in [2.45, 2.75) is 26.3 Å². The van der Waals surface area contributed by atoms with Crippen molar-refractivity contribution in [2.24, 2.45) is 5.73 Å². The molecule has 20 heavy (non-hydrogen) atoms. The summed E-state index contributed by atoms with van der Waals surface area (Å²) in [4.78, 5) is 2.51. The minimum Gasteiger partial charge on any atom is -0.459 e. The molecule has 0 spiro atoms. The minimum absolute atomic E-state index is 0.188. The fraction of sp³-hybridized carbons (Fsp3) is 0.250. The van der Waals surface area contributed by atoms with Crippen LogP contribution in [0.15, 0.2) is 39.2 Å². The molecule has 1 atom stereocenters. The van der Waals surface area contributed by atoms with Gasteiger partial charge in [0, 0.05) is 25.2 Å². The van der Waals surface area contributed by atoms with Gasteiger partial charge in [-0.15, -0.1) is 11.3 Å². The average molecular weight is 350 g/mol. The van der Waals surface area contributed by atoms with E-state index in [1.54, 1.807) is 11.3 Å². The first-order valence-electron chi connectivity index (χ1n) is 6.63. The molecule has 104 valence electrons. The maximum absolute atomic E-state index is 6.39. The van der Waals surface area contributed by atoms with E-state index in [1.165, 1.54) is 4.88 Å². The highest BCUT2D eigenvalue weighted by Crippen LogP contribution is 2.35. The number of furan rings is 1. The number of fused-ring (bicyclic) bond motifs is 1. The van der Waals surface area contributed by atoms with Gasteiger partial charge in [0.15, 0.2) is 0 Å². The minimum atomic E-state index is -0.188. The molecular formula is C16H16BrNOS. The topological polar surface area (TPSA) is 39.2 Å². The molecule has 0 aliphatic carbocycles. The normalized spacial score (nSPS) is 13.0. The van der Waals surface area contributed by atoms with Crippen molar-refractivity contribution >= 4 is 38.2 Å². The predicted octanol–water partition coefficient (Wildman–Crippen LogP) is 5.18. The summed E-state index contributed by atoms with van der Waals surface area (Å²) in [7, 11) is 0. The van der Waals surface area contributed by atoms with E-state index < -0.39 is 0 Å². The lowest BCUT2D eigenvalue weighted by atomic mass is 10.1. The van der Waals surface area contributed by atoms with Crippen molar-refractivity contribution in [1.29, 1.82) is 0 Å². The molecule has 1 unspecified atom stereocenters. The molecule has 2 heterocycles. The number of aryl methyl sites for hydroxylation is 2. The Morgan fingerprint density at radius 3 is 2.80 bits per heavy atom. The van der Waals surface area contributed by atoms with Gasteiger partial charge in [0.2, 0.25) is 0 Å². The Balaban J connectivity index is 2.06. The van der Waals surface area contributed by atoms with Crippen LogP contribution in [0, 0.1) is 6.92 Å². The van der Waals surface area contributed by atoms with Gasteiger partial charge in [-0.2, -0.15) is 0 Å². The summed E-state index contributed by atoms with van der Waals surface area (Å²) in [6.07, 6.45) is 1.05. The Hall–Kier alpha value is -1.10. The lowest BCUT2D eigenvalue weighted by Crippen LogP contribution is -2.10. The standard InChI is InChI=1S/C16H16BrNOS/c1-3-11-5-7-14(20-11)15(18)16-9(2)12-6-4-10(17)8-13(12)19-16/h4-8,15H,3,18H2,1-2H3. The molecule has 0 aliphatic heterocycles. The zero-order valence-electron chi connectivity index (χ0n) is 11.4. The van der Waals surface area contributed by atoms with Gasteiger partial charge in [0.25, 0.3) is 0 Å². The molecule has 0 fully saturated rings. The number of benzene rings is 1. The van der Waals surface area contributed by atoms with E-state index in [-0.39, 0.29) is 6.04 Å². The zero-order chi connectivity index (χ0) is 14.3. The van der Waals surface area contributed by atoms with E-state index in [2.05, 4.69) is 48.0 Å². The van der Waals surface area contributed by atoms with E-state index >= 15 is 0 Å². The molecule has 2 N–H and O–H groups in total. The van der Waals surface area contributed by atoms with E-state index in [4.69, 9.17) is 10.2 Å². The van der Waals surface area contributed by atoms with Gasteiger partial charge in [-0.05, 0) is 43.7 Å².